The molecule has 1 aliphatic heterocycles. The van der Waals surface area contributed by atoms with E-state index in [4.69, 9.17) is 0 Å². The number of hydrogen-bond donors (Lipinski definition) is 1. The summed E-state index contributed by atoms with van der Waals surface area (Å²) in [7, 11) is 0. The summed E-state index contributed by atoms with van der Waals surface area (Å²) in [5.74, 6) is -0.542. The maximum Gasteiger partial charge on any atom is 0.325 e. The van der Waals surface area contributed by atoms with Crippen molar-refractivity contribution in [1.29, 1.82) is 0 Å². The Morgan fingerprint density at radius 2 is 1.85 bits per heavy atom. The molecule has 1 aromatic carbocycles. The number of rotatable bonds is 4. The van der Waals surface area contributed by atoms with E-state index in [9.17, 15) is 14.4 Å². The molecule has 106 valence electrons. The zero-order chi connectivity index (χ0) is 14.9. The van der Waals surface area contributed by atoms with Crippen LogP contribution in [0.4, 0.5) is 4.79 Å². The van der Waals surface area contributed by atoms with Gasteiger partial charge in [0, 0.05) is 10.9 Å². The first-order valence-corrected chi connectivity index (χ1v) is 6.99. The molecule has 0 unspecified atom stereocenters. The largest absolute Gasteiger partial charge is 0.325 e. The Morgan fingerprint density at radius 1 is 1.25 bits per heavy atom. The molecular formula is C14H15BrN2O3. The van der Waals surface area contributed by atoms with Gasteiger partial charge in [0.15, 0.2) is 5.78 Å². The Balaban J connectivity index is 2.00. The van der Waals surface area contributed by atoms with Crippen molar-refractivity contribution in [2.75, 3.05) is 6.54 Å². The van der Waals surface area contributed by atoms with Crippen molar-refractivity contribution in [3.63, 3.8) is 0 Å². The Hall–Kier alpha value is -1.69. The minimum absolute atomic E-state index is 0.173. The van der Waals surface area contributed by atoms with E-state index in [0.717, 1.165) is 14.9 Å². The predicted octanol–water partition coefficient (Wildman–Crippen LogP) is 1.89. The molecule has 6 heteroatoms. The van der Waals surface area contributed by atoms with Gasteiger partial charge in [0.25, 0.3) is 5.91 Å². The first-order valence-electron chi connectivity index (χ1n) is 6.20. The lowest BCUT2D eigenvalue weighted by Crippen LogP contribution is -2.41. The van der Waals surface area contributed by atoms with E-state index in [2.05, 4.69) is 21.2 Å². The Bertz CT molecular complexity index is 566. The van der Waals surface area contributed by atoms with E-state index >= 15 is 0 Å². The molecule has 1 saturated heterocycles. The van der Waals surface area contributed by atoms with Crippen molar-refractivity contribution in [3.8, 4) is 0 Å². The first-order chi connectivity index (χ1) is 9.29. The second-order valence-corrected chi connectivity index (χ2v) is 6.20. The Morgan fingerprint density at radius 3 is 2.35 bits per heavy atom. The molecule has 0 atom stereocenters. The molecule has 1 aliphatic rings. The number of amides is 3. The van der Waals surface area contributed by atoms with Gasteiger partial charge in [-0.3, -0.25) is 14.5 Å². The van der Waals surface area contributed by atoms with Crippen LogP contribution in [0.1, 0.15) is 19.4 Å². The smallest absolute Gasteiger partial charge is 0.324 e. The number of nitrogens with one attached hydrogen (secondary N) is 1. The number of carbonyl (C=O) groups is 3. The topological polar surface area (TPSA) is 66.5 Å². The molecule has 0 spiro atoms. The Kier molecular flexibility index (Phi) is 3.94. The van der Waals surface area contributed by atoms with Crippen LogP contribution < -0.4 is 5.32 Å². The normalized spacial score (nSPS) is 17.2. The molecule has 0 aromatic heterocycles. The highest BCUT2D eigenvalue weighted by Crippen LogP contribution is 2.17. The van der Waals surface area contributed by atoms with Crippen molar-refractivity contribution in [2.45, 2.75) is 25.8 Å². The van der Waals surface area contributed by atoms with E-state index in [1.807, 2.05) is 24.3 Å². The third-order valence-electron chi connectivity index (χ3n) is 3.09. The zero-order valence-corrected chi connectivity index (χ0v) is 12.9. The fourth-order valence-electron chi connectivity index (χ4n) is 2.02. The summed E-state index contributed by atoms with van der Waals surface area (Å²) in [6.45, 7) is 3.04. The number of hydrogen-bond acceptors (Lipinski definition) is 3. The van der Waals surface area contributed by atoms with Crippen molar-refractivity contribution in [2.24, 2.45) is 0 Å². The fourth-order valence-corrected chi connectivity index (χ4v) is 2.29. The van der Waals surface area contributed by atoms with Crippen LogP contribution in [0.25, 0.3) is 0 Å². The van der Waals surface area contributed by atoms with Gasteiger partial charge in [-0.2, -0.15) is 0 Å². The van der Waals surface area contributed by atoms with Crippen LogP contribution in [0.3, 0.4) is 0 Å². The van der Waals surface area contributed by atoms with Crippen LogP contribution in [-0.4, -0.2) is 34.7 Å². The Labute approximate surface area is 125 Å². The van der Waals surface area contributed by atoms with E-state index in [1.165, 1.54) is 0 Å². The van der Waals surface area contributed by atoms with Gasteiger partial charge < -0.3 is 5.32 Å². The van der Waals surface area contributed by atoms with E-state index in [0.29, 0.717) is 0 Å². The van der Waals surface area contributed by atoms with Crippen LogP contribution in [0.15, 0.2) is 28.7 Å². The second-order valence-electron chi connectivity index (χ2n) is 5.29. The lowest BCUT2D eigenvalue weighted by atomic mass is 10.1. The number of carbonyl (C=O) groups excluding carboxylic acids is 3. The van der Waals surface area contributed by atoms with E-state index in [1.54, 1.807) is 13.8 Å². The maximum atomic E-state index is 12.0. The number of Topliss-reactive ketones (excluding diaryl/α,β-unsaturated/α-hetero) is 1. The highest BCUT2D eigenvalue weighted by Gasteiger charge is 2.44. The molecule has 1 aromatic rings. The van der Waals surface area contributed by atoms with Crippen LogP contribution in [0, 0.1) is 0 Å². The molecule has 0 saturated carbocycles. The number of nitrogens with zero attached hydrogens (tertiary/aromatic N) is 1. The SMILES string of the molecule is CC1(C)NC(=O)N(CC(=O)Cc2ccc(Br)cc2)C1=O. The quantitative estimate of drug-likeness (QED) is 0.852. The van der Waals surface area contributed by atoms with E-state index < -0.39 is 11.6 Å². The molecule has 0 bridgehead atoms. The number of urea groups is 1. The molecule has 20 heavy (non-hydrogen) atoms. The molecule has 0 radical (unpaired) electrons. The monoisotopic (exact) mass is 338 g/mol. The fraction of sp³-hybridized carbons (Fsp3) is 0.357. The van der Waals surface area contributed by atoms with Crippen molar-refractivity contribution in [3.05, 3.63) is 34.3 Å². The molecule has 5 nitrogen and oxygen atoms in total. The number of imide groups is 1. The van der Waals surface area contributed by atoms with Crippen LogP contribution in [0.2, 0.25) is 0 Å². The summed E-state index contributed by atoms with van der Waals surface area (Å²) in [5.41, 5.74) is -0.0841. The first kappa shape index (κ1) is 14.7. The summed E-state index contributed by atoms with van der Waals surface area (Å²) in [6.07, 6.45) is 0.199. The summed E-state index contributed by atoms with van der Waals surface area (Å²) < 4.78 is 0.935. The third kappa shape index (κ3) is 3.07. The average Bonchev–Trinajstić information content (AvgIpc) is 2.55. The summed E-state index contributed by atoms with van der Waals surface area (Å²) in [5, 5.41) is 2.55. The van der Waals surface area contributed by atoms with Gasteiger partial charge in [0.2, 0.25) is 0 Å². The van der Waals surface area contributed by atoms with Gasteiger partial charge in [-0.1, -0.05) is 28.1 Å². The lowest BCUT2D eigenvalue weighted by Gasteiger charge is -2.15. The predicted molar refractivity (Wildman–Crippen MR) is 77.2 cm³/mol. The standard InChI is InChI=1S/C14H15BrN2O3/c1-14(2)12(19)17(13(20)16-14)8-11(18)7-9-3-5-10(15)6-4-9/h3-6H,7-8H2,1-2H3,(H,16,20). The summed E-state index contributed by atoms with van der Waals surface area (Å²) in [6, 6.07) is 6.85. The van der Waals surface area contributed by atoms with Crippen LogP contribution in [0.5, 0.6) is 0 Å². The van der Waals surface area contributed by atoms with Crippen molar-refractivity contribution in [1.82, 2.24) is 10.2 Å². The number of ketones is 1. The number of benzene rings is 1. The molecule has 0 aliphatic carbocycles. The van der Waals surface area contributed by atoms with Gasteiger partial charge >= 0.3 is 6.03 Å². The minimum Gasteiger partial charge on any atom is -0.324 e. The molecule has 1 heterocycles. The van der Waals surface area contributed by atoms with Crippen LogP contribution in [-0.2, 0) is 16.0 Å². The second kappa shape index (κ2) is 5.36. The highest BCUT2D eigenvalue weighted by molar-refractivity contribution is 9.10. The zero-order valence-electron chi connectivity index (χ0n) is 11.3. The summed E-state index contributed by atoms with van der Waals surface area (Å²) in [4.78, 5) is 36.6. The molecule has 2 rings (SSSR count). The van der Waals surface area contributed by atoms with Crippen molar-refractivity contribution < 1.29 is 14.4 Å². The number of halogens is 1. The van der Waals surface area contributed by atoms with E-state index in [-0.39, 0.29) is 24.7 Å². The van der Waals surface area contributed by atoms with Gasteiger partial charge in [0.05, 0.1) is 6.54 Å². The summed E-state index contributed by atoms with van der Waals surface area (Å²) >= 11 is 3.32. The molecule has 1 N–H and O–H groups in total. The highest BCUT2D eigenvalue weighted by atomic mass is 79.9. The van der Waals surface area contributed by atoms with Gasteiger partial charge in [-0.15, -0.1) is 0 Å². The third-order valence-corrected chi connectivity index (χ3v) is 3.62. The van der Waals surface area contributed by atoms with Crippen LogP contribution >= 0.6 is 15.9 Å². The molecule has 1 fully saturated rings. The minimum atomic E-state index is -0.936. The molecule has 3 amide bonds. The average molecular weight is 339 g/mol. The lowest BCUT2D eigenvalue weighted by molar-refractivity contribution is -0.133. The van der Waals surface area contributed by atoms with Gasteiger partial charge in [-0.05, 0) is 31.5 Å². The van der Waals surface area contributed by atoms with Gasteiger partial charge in [0.1, 0.15) is 5.54 Å². The van der Waals surface area contributed by atoms with Gasteiger partial charge in [-0.25, -0.2) is 4.79 Å². The molecular weight excluding hydrogens is 324 g/mol. The maximum absolute atomic E-state index is 12.0. The van der Waals surface area contributed by atoms with Crippen molar-refractivity contribution >= 4 is 33.7 Å².